The maximum atomic E-state index is 13.7. The molecule has 0 fully saturated rings. The number of nitrogens with one attached hydrogen (secondary N) is 2. The number of aromatic nitrogens is 2. The number of methoxy groups -OCH3 is 1. The van der Waals surface area contributed by atoms with Gasteiger partial charge in [0.05, 0.1) is 12.7 Å². The average Bonchev–Trinajstić information content (AvgIpc) is 2.72. The van der Waals surface area contributed by atoms with Crippen LogP contribution in [0.1, 0.15) is 32.1 Å². The summed E-state index contributed by atoms with van der Waals surface area (Å²) in [5, 5.41) is 5.62. The molecule has 1 amide bonds. The highest BCUT2D eigenvalue weighted by Gasteiger charge is 2.12. The Morgan fingerprint density at radius 3 is 2.62 bits per heavy atom. The second-order valence-electron chi connectivity index (χ2n) is 6.19. The molecule has 29 heavy (non-hydrogen) atoms. The molecule has 0 aliphatic heterocycles. The van der Waals surface area contributed by atoms with Gasteiger partial charge in [-0.1, -0.05) is 24.3 Å². The van der Waals surface area contributed by atoms with E-state index >= 15 is 0 Å². The van der Waals surface area contributed by atoms with Crippen molar-refractivity contribution in [3.05, 3.63) is 82.9 Å². The molecule has 0 unspecified atom stereocenters. The highest BCUT2D eigenvalue weighted by Crippen LogP contribution is 2.16. The monoisotopic (exact) mass is 394 g/mol. The number of hydrogen-bond acceptors (Lipinski definition) is 6. The summed E-state index contributed by atoms with van der Waals surface area (Å²) in [6.45, 7) is 1.77. The lowest BCUT2D eigenvalue weighted by Gasteiger charge is -2.10. The van der Waals surface area contributed by atoms with Crippen LogP contribution in [0.25, 0.3) is 0 Å². The number of rotatable bonds is 6. The van der Waals surface area contributed by atoms with E-state index in [0.29, 0.717) is 22.5 Å². The lowest BCUT2D eigenvalue weighted by atomic mass is 10.2. The summed E-state index contributed by atoms with van der Waals surface area (Å²) in [5.41, 5.74) is 2.02. The molecule has 0 aliphatic rings. The van der Waals surface area contributed by atoms with Crippen molar-refractivity contribution in [1.82, 2.24) is 15.3 Å². The third-order valence-electron chi connectivity index (χ3n) is 4.02. The van der Waals surface area contributed by atoms with Gasteiger partial charge in [0.25, 0.3) is 5.91 Å². The maximum Gasteiger partial charge on any atom is 0.337 e. The summed E-state index contributed by atoms with van der Waals surface area (Å²) in [6.07, 6.45) is 0. The zero-order valence-electron chi connectivity index (χ0n) is 15.9. The van der Waals surface area contributed by atoms with Crippen LogP contribution >= 0.6 is 0 Å². The van der Waals surface area contributed by atoms with Crippen LogP contribution in [-0.2, 0) is 11.3 Å². The molecule has 2 aromatic carbocycles. The molecular formula is C21H19FN4O3. The van der Waals surface area contributed by atoms with Gasteiger partial charge in [-0.2, -0.15) is 0 Å². The zero-order valence-corrected chi connectivity index (χ0v) is 15.9. The van der Waals surface area contributed by atoms with Gasteiger partial charge in [-0.05, 0) is 37.3 Å². The first kappa shape index (κ1) is 19.9. The topological polar surface area (TPSA) is 93.2 Å². The molecule has 0 saturated heterocycles. The van der Waals surface area contributed by atoms with E-state index in [0.717, 1.165) is 0 Å². The van der Waals surface area contributed by atoms with Crippen LogP contribution in [0.15, 0.2) is 54.6 Å². The van der Waals surface area contributed by atoms with Crippen molar-refractivity contribution < 1.29 is 18.7 Å². The van der Waals surface area contributed by atoms with Crippen molar-refractivity contribution >= 4 is 23.5 Å². The van der Waals surface area contributed by atoms with Crippen LogP contribution in [0.4, 0.5) is 16.0 Å². The molecule has 0 aliphatic carbocycles. The Morgan fingerprint density at radius 1 is 1.07 bits per heavy atom. The summed E-state index contributed by atoms with van der Waals surface area (Å²) in [5.74, 6) is -1.11. The Morgan fingerprint density at radius 2 is 1.86 bits per heavy atom. The smallest absolute Gasteiger partial charge is 0.337 e. The Kier molecular flexibility index (Phi) is 6.13. The number of ether oxygens (including phenoxy) is 1. The summed E-state index contributed by atoms with van der Waals surface area (Å²) in [4.78, 5) is 32.6. The molecule has 0 radical (unpaired) electrons. The molecule has 3 rings (SSSR count). The second kappa shape index (κ2) is 8.92. The highest BCUT2D eigenvalue weighted by molar-refractivity contribution is 5.93. The number of amides is 1. The number of hydrogen-bond donors (Lipinski definition) is 2. The minimum Gasteiger partial charge on any atom is -0.465 e. The number of esters is 1. The van der Waals surface area contributed by atoms with Gasteiger partial charge in [-0.15, -0.1) is 0 Å². The van der Waals surface area contributed by atoms with Crippen molar-refractivity contribution in [2.45, 2.75) is 13.5 Å². The van der Waals surface area contributed by atoms with Crippen LogP contribution < -0.4 is 10.6 Å². The minimum absolute atomic E-state index is 0.0402. The van der Waals surface area contributed by atoms with Crippen LogP contribution in [-0.4, -0.2) is 29.0 Å². The SMILES string of the molecule is COC(=O)c1cccc(Nc2nc(C)cc(C(=O)NCc3ccccc3F)n2)c1. The molecule has 0 saturated carbocycles. The Hall–Kier alpha value is -3.81. The molecule has 0 atom stereocenters. The quantitative estimate of drug-likeness (QED) is 0.623. The molecule has 1 aromatic heterocycles. The first-order chi connectivity index (χ1) is 14.0. The molecular weight excluding hydrogens is 375 g/mol. The fourth-order valence-corrected chi connectivity index (χ4v) is 2.62. The number of benzene rings is 2. The van der Waals surface area contributed by atoms with Crippen LogP contribution in [0.2, 0.25) is 0 Å². The number of anilines is 2. The molecule has 2 N–H and O–H groups in total. The van der Waals surface area contributed by atoms with E-state index in [2.05, 4.69) is 20.6 Å². The van der Waals surface area contributed by atoms with Gasteiger partial charge in [0.2, 0.25) is 5.95 Å². The lowest BCUT2D eigenvalue weighted by molar-refractivity contribution is 0.0600. The molecule has 1 heterocycles. The summed E-state index contributed by atoms with van der Waals surface area (Å²) < 4.78 is 18.4. The fourth-order valence-electron chi connectivity index (χ4n) is 2.62. The van der Waals surface area contributed by atoms with Crippen molar-refractivity contribution in [2.24, 2.45) is 0 Å². The largest absolute Gasteiger partial charge is 0.465 e. The molecule has 148 valence electrons. The van der Waals surface area contributed by atoms with Gasteiger partial charge < -0.3 is 15.4 Å². The number of carbonyl (C=O) groups excluding carboxylic acids is 2. The number of nitrogens with zero attached hydrogens (tertiary/aromatic N) is 2. The van der Waals surface area contributed by atoms with Crippen LogP contribution in [0, 0.1) is 12.7 Å². The van der Waals surface area contributed by atoms with E-state index in [1.54, 1.807) is 49.4 Å². The van der Waals surface area contributed by atoms with Crippen LogP contribution in [0.5, 0.6) is 0 Å². The first-order valence-corrected chi connectivity index (χ1v) is 8.79. The van der Waals surface area contributed by atoms with E-state index in [4.69, 9.17) is 4.74 Å². The Labute approximate surface area is 167 Å². The predicted octanol–water partition coefficient (Wildman–Crippen LogP) is 3.38. The standard InChI is InChI=1S/C21H19FN4O3/c1-13-10-18(19(27)23-12-15-6-3-4-9-17(15)22)26-21(24-13)25-16-8-5-7-14(11-16)20(28)29-2/h3-11H,12H2,1-2H3,(H,23,27)(H,24,25,26). The summed E-state index contributed by atoms with van der Waals surface area (Å²) >= 11 is 0. The second-order valence-corrected chi connectivity index (χ2v) is 6.19. The van der Waals surface area contributed by atoms with E-state index in [9.17, 15) is 14.0 Å². The van der Waals surface area contributed by atoms with E-state index in [1.807, 2.05) is 0 Å². The van der Waals surface area contributed by atoms with Crippen molar-refractivity contribution in [2.75, 3.05) is 12.4 Å². The van der Waals surface area contributed by atoms with Gasteiger partial charge in [0, 0.05) is 23.5 Å². The predicted molar refractivity (Wildman–Crippen MR) is 105 cm³/mol. The average molecular weight is 394 g/mol. The van der Waals surface area contributed by atoms with Crippen LogP contribution in [0.3, 0.4) is 0 Å². The van der Waals surface area contributed by atoms with Crippen molar-refractivity contribution in [3.63, 3.8) is 0 Å². The molecule has 0 spiro atoms. The summed E-state index contributed by atoms with van der Waals surface area (Å²) in [7, 11) is 1.30. The van der Waals surface area contributed by atoms with Gasteiger partial charge in [-0.3, -0.25) is 4.79 Å². The zero-order chi connectivity index (χ0) is 20.8. The molecule has 7 nitrogen and oxygen atoms in total. The normalized spacial score (nSPS) is 10.3. The number of aryl methyl sites for hydroxylation is 1. The van der Waals surface area contributed by atoms with Gasteiger partial charge in [-0.25, -0.2) is 19.2 Å². The molecule has 3 aromatic rings. The lowest BCUT2D eigenvalue weighted by Crippen LogP contribution is -2.25. The number of halogens is 1. The maximum absolute atomic E-state index is 13.7. The van der Waals surface area contributed by atoms with Gasteiger partial charge in [0.15, 0.2) is 0 Å². The molecule has 0 bridgehead atoms. The van der Waals surface area contributed by atoms with Crippen molar-refractivity contribution in [3.8, 4) is 0 Å². The first-order valence-electron chi connectivity index (χ1n) is 8.79. The highest BCUT2D eigenvalue weighted by atomic mass is 19.1. The van der Waals surface area contributed by atoms with Gasteiger partial charge in [0.1, 0.15) is 11.5 Å². The van der Waals surface area contributed by atoms with E-state index in [-0.39, 0.29) is 24.0 Å². The van der Waals surface area contributed by atoms with E-state index in [1.165, 1.54) is 19.2 Å². The minimum atomic E-state index is -0.466. The fraction of sp³-hybridized carbons (Fsp3) is 0.143. The summed E-state index contributed by atoms with van der Waals surface area (Å²) in [6, 6.07) is 14.4. The third-order valence-corrected chi connectivity index (χ3v) is 4.02. The number of carbonyl (C=O) groups is 2. The Balaban J connectivity index is 1.75. The Bertz CT molecular complexity index is 1060. The molecule has 8 heteroatoms. The van der Waals surface area contributed by atoms with E-state index < -0.39 is 11.9 Å². The third kappa shape index (κ3) is 5.13. The van der Waals surface area contributed by atoms with Gasteiger partial charge >= 0.3 is 5.97 Å². The van der Waals surface area contributed by atoms with Crippen molar-refractivity contribution in [1.29, 1.82) is 0 Å².